The molecule has 0 aliphatic carbocycles. The van der Waals surface area contributed by atoms with Gasteiger partial charge in [-0.15, -0.1) is 0 Å². The van der Waals surface area contributed by atoms with E-state index in [1.807, 2.05) is 0 Å². The van der Waals surface area contributed by atoms with Gasteiger partial charge in [0.15, 0.2) is 0 Å². The van der Waals surface area contributed by atoms with Gasteiger partial charge in [0.2, 0.25) is 0 Å². The van der Waals surface area contributed by atoms with Crippen LogP contribution < -0.4 is 11.3 Å². The molecule has 1 atom stereocenters. The molecular formula is C19H26N2. The van der Waals surface area contributed by atoms with Crippen molar-refractivity contribution in [1.82, 2.24) is 5.43 Å². The molecule has 0 aliphatic heterocycles. The van der Waals surface area contributed by atoms with Crippen LogP contribution in [0.4, 0.5) is 0 Å². The summed E-state index contributed by atoms with van der Waals surface area (Å²) in [6, 6.07) is 15.0. The van der Waals surface area contributed by atoms with Crippen molar-refractivity contribution in [3.8, 4) is 0 Å². The zero-order valence-corrected chi connectivity index (χ0v) is 13.7. The second-order valence-corrected chi connectivity index (χ2v) is 6.73. The van der Waals surface area contributed by atoms with Gasteiger partial charge in [-0.2, -0.15) is 0 Å². The second kappa shape index (κ2) is 6.00. The Kier molecular flexibility index (Phi) is 4.50. The molecule has 112 valence electrons. The molecule has 2 heteroatoms. The summed E-state index contributed by atoms with van der Waals surface area (Å²) >= 11 is 0. The SMILES string of the molecule is Cc1cccc(C(NN)c2ccccc2C(C)(C)C)c1C. The van der Waals surface area contributed by atoms with E-state index < -0.39 is 0 Å². The zero-order chi connectivity index (χ0) is 15.6. The molecule has 2 nitrogen and oxygen atoms in total. The maximum atomic E-state index is 5.92. The maximum absolute atomic E-state index is 5.92. The number of aryl methyl sites for hydroxylation is 1. The van der Waals surface area contributed by atoms with Crippen molar-refractivity contribution in [2.24, 2.45) is 5.84 Å². The highest BCUT2D eigenvalue weighted by molar-refractivity contribution is 5.44. The third-order valence-electron chi connectivity index (χ3n) is 4.20. The van der Waals surface area contributed by atoms with Crippen LogP contribution in [-0.4, -0.2) is 0 Å². The number of hydrogen-bond acceptors (Lipinski definition) is 2. The fraction of sp³-hybridized carbons (Fsp3) is 0.368. The first-order valence-corrected chi connectivity index (χ1v) is 7.48. The maximum Gasteiger partial charge on any atom is 0.0715 e. The van der Waals surface area contributed by atoms with Gasteiger partial charge in [-0.25, -0.2) is 5.43 Å². The topological polar surface area (TPSA) is 38.0 Å². The van der Waals surface area contributed by atoms with Crippen LogP contribution in [0.3, 0.4) is 0 Å². The number of hydrogen-bond donors (Lipinski definition) is 2. The Morgan fingerprint density at radius 3 is 2.14 bits per heavy atom. The highest BCUT2D eigenvalue weighted by Crippen LogP contribution is 2.33. The molecule has 0 saturated carbocycles. The number of nitrogens with one attached hydrogen (secondary N) is 1. The molecular weight excluding hydrogens is 256 g/mol. The van der Waals surface area contributed by atoms with Gasteiger partial charge in [0, 0.05) is 0 Å². The number of nitrogens with two attached hydrogens (primary N) is 1. The monoisotopic (exact) mass is 282 g/mol. The van der Waals surface area contributed by atoms with Crippen LogP contribution >= 0.6 is 0 Å². The van der Waals surface area contributed by atoms with Gasteiger partial charge >= 0.3 is 0 Å². The Bertz CT molecular complexity index is 624. The third-order valence-corrected chi connectivity index (χ3v) is 4.20. The van der Waals surface area contributed by atoms with Crippen molar-refractivity contribution < 1.29 is 0 Å². The van der Waals surface area contributed by atoms with E-state index in [9.17, 15) is 0 Å². The van der Waals surface area contributed by atoms with Crippen LogP contribution in [0.25, 0.3) is 0 Å². The fourth-order valence-electron chi connectivity index (χ4n) is 2.87. The van der Waals surface area contributed by atoms with Gasteiger partial charge in [0.25, 0.3) is 0 Å². The van der Waals surface area contributed by atoms with Crippen molar-refractivity contribution in [3.05, 3.63) is 70.3 Å². The highest BCUT2D eigenvalue weighted by Gasteiger charge is 2.24. The van der Waals surface area contributed by atoms with Crippen LogP contribution in [0.15, 0.2) is 42.5 Å². The lowest BCUT2D eigenvalue weighted by atomic mass is 9.80. The average molecular weight is 282 g/mol. The molecule has 0 aromatic heterocycles. The largest absolute Gasteiger partial charge is 0.271 e. The predicted molar refractivity (Wildman–Crippen MR) is 90.2 cm³/mol. The average Bonchev–Trinajstić information content (AvgIpc) is 2.44. The van der Waals surface area contributed by atoms with E-state index in [4.69, 9.17) is 5.84 Å². The molecule has 0 spiro atoms. The highest BCUT2D eigenvalue weighted by atomic mass is 15.2. The molecule has 0 aliphatic rings. The van der Waals surface area contributed by atoms with E-state index in [0.29, 0.717) is 0 Å². The van der Waals surface area contributed by atoms with Gasteiger partial charge in [-0.3, -0.25) is 5.84 Å². The van der Waals surface area contributed by atoms with Crippen molar-refractivity contribution in [3.63, 3.8) is 0 Å². The van der Waals surface area contributed by atoms with E-state index in [0.717, 1.165) is 0 Å². The number of rotatable bonds is 3. The van der Waals surface area contributed by atoms with Gasteiger partial charge in [-0.05, 0) is 47.1 Å². The van der Waals surface area contributed by atoms with Crippen LogP contribution in [0.1, 0.15) is 54.6 Å². The summed E-state index contributed by atoms with van der Waals surface area (Å²) in [5.74, 6) is 5.92. The first-order valence-electron chi connectivity index (χ1n) is 7.48. The summed E-state index contributed by atoms with van der Waals surface area (Å²) in [5.41, 5.74) is 9.51. The second-order valence-electron chi connectivity index (χ2n) is 6.73. The first-order chi connectivity index (χ1) is 9.86. The Labute approximate surface area is 128 Å². The summed E-state index contributed by atoms with van der Waals surface area (Å²) in [6.45, 7) is 11.0. The van der Waals surface area contributed by atoms with E-state index in [-0.39, 0.29) is 11.5 Å². The Hall–Kier alpha value is -1.64. The standard InChI is InChI=1S/C19H26N2/c1-13-9-8-11-15(14(13)2)18(21-20)16-10-6-7-12-17(16)19(3,4)5/h6-12,18,21H,20H2,1-5H3. The fourth-order valence-corrected chi connectivity index (χ4v) is 2.87. The molecule has 0 radical (unpaired) electrons. The van der Waals surface area contributed by atoms with Crippen molar-refractivity contribution >= 4 is 0 Å². The van der Waals surface area contributed by atoms with Crippen molar-refractivity contribution in [2.45, 2.75) is 46.1 Å². The predicted octanol–water partition coefficient (Wildman–Crippen LogP) is 4.15. The summed E-state index contributed by atoms with van der Waals surface area (Å²) in [4.78, 5) is 0. The number of hydrazine groups is 1. The summed E-state index contributed by atoms with van der Waals surface area (Å²) in [6.07, 6.45) is 0. The van der Waals surface area contributed by atoms with Crippen LogP contribution in [0, 0.1) is 13.8 Å². The number of benzene rings is 2. The van der Waals surface area contributed by atoms with Gasteiger partial charge in [0.05, 0.1) is 6.04 Å². The van der Waals surface area contributed by atoms with Crippen LogP contribution in [0.2, 0.25) is 0 Å². The Balaban J connectivity index is 2.60. The summed E-state index contributed by atoms with van der Waals surface area (Å²) < 4.78 is 0. The van der Waals surface area contributed by atoms with E-state index in [2.05, 4.69) is 82.5 Å². The Morgan fingerprint density at radius 2 is 1.52 bits per heavy atom. The molecule has 3 N–H and O–H groups in total. The molecule has 0 saturated heterocycles. The minimum absolute atomic E-state index is 0.0142. The molecule has 0 bridgehead atoms. The zero-order valence-electron chi connectivity index (χ0n) is 13.7. The van der Waals surface area contributed by atoms with Crippen molar-refractivity contribution in [2.75, 3.05) is 0 Å². The minimum Gasteiger partial charge on any atom is -0.271 e. The lowest BCUT2D eigenvalue weighted by Crippen LogP contribution is -2.31. The lowest BCUT2D eigenvalue weighted by Gasteiger charge is -2.28. The summed E-state index contributed by atoms with van der Waals surface area (Å²) in [7, 11) is 0. The molecule has 21 heavy (non-hydrogen) atoms. The van der Waals surface area contributed by atoms with Crippen molar-refractivity contribution in [1.29, 1.82) is 0 Å². The molecule has 2 aromatic rings. The molecule has 0 heterocycles. The molecule has 1 unspecified atom stereocenters. The third kappa shape index (κ3) is 3.17. The lowest BCUT2D eigenvalue weighted by molar-refractivity contribution is 0.557. The summed E-state index contributed by atoms with van der Waals surface area (Å²) in [5, 5.41) is 0. The normalized spacial score (nSPS) is 13.2. The van der Waals surface area contributed by atoms with Gasteiger partial charge < -0.3 is 0 Å². The van der Waals surface area contributed by atoms with Crippen LogP contribution in [-0.2, 0) is 5.41 Å². The molecule has 2 rings (SSSR count). The van der Waals surface area contributed by atoms with Gasteiger partial charge in [0.1, 0.15) is 0 Å². The van der Waals surface area contributed by atoms with Gasteiger partial charge in [-0.1, -0.05) is 63.2 Å². The first kappa shape index (κ1) is 15.7. The smallest absolute Gasteiger partial charge is 0.0715 e. The minimum atomic E-state index is 0.0142. The van der Waals surface area contributed by atoms with E-state index in [1.165, 1.54) is 27.8 Å². The Morgan fingerprint density at radius 1 is 0.905 bits per heavy atom. The van der Waals surface area contributed by atoms with Crippen LogP contribution in [0.5, 0.6) is 0 Å². The molecule has 0 fully saturated rings. The van der Waals surface area contributed by atoms with E-state index in [1.54, 1.807) is 0 Å². The van der Waals surface area contributed by atoms with E-state index >= 15 is 0 Å². The quantitative estimate of drug-likeness (QED) is 0.655. The molecule has 0 amide bonds. The molecule has 2 aromatic carbocycles.